The second-order valence-corrected chi connectivity index (χ2v) is 4.82. The Labute approximate surface area is 132 Å². The maximum Gasteiger partial charge on any atom is 0.333 e. The van der Waals surface area contributed by atoms with Crippen molar-refractivity contribution < 1.29 is 28.5 Å². The molecule has 0 heterocycles. The molecule has 0 saturated heterocycles. The maximum atomic E-state index is 11.3. The molecule has 6 nitrogen and oxygen atoms in total. The lowest BCUT2D eigenvalue weighted by Crippen LogP contribution is -2.15. The van der Waals surface area contributed by atoms with Gasteiger partial charge < -0.3 is 18.9 Å². The number of unbranched alkanes of at least 4 members (excludes halogenated alkanes) is 2. The Morgan fingerprint density at radius 3 is 1.95 bits per heavy atom. The van der Waals surface area contributed by atoms with E-state index < -0.39 is 5.97 Å². The van der Waals surface area contributed by atoms with E-state index in [0.717, 1.165) is 19.3 Å². The van der Waals surface area contributed by atoms with Gasteiger partial charge in [0.05, 0.1) is 26.4 Å². The summed E-state index contributed by atoms with van der Waals surface area (Å²) in [6.45, 7) is 9.09. The first-order valence-electron chi connectivity index (χ1n) is 7.71. The molecule has 0 rings (SSSR count). The van der Waals surface area contributed by atoms with E-state index in [1.54, 1.807) is 6.92 Å². The minimum atomic E-state index is -0.416. The van der Waals surface area contributed by atoms with Gasteiger partial charge in [0.25, 0.3) is 0 Å². The summed E-state index contributed by atoms with van der Waals surface area (Å²) in [5, 5.41) is 0. The Bertz CT molecular complexity index is 327. The van der Waals surface area contributed by atoms with Crippen LogP contribution in [0.5, 0.6) is 0 Å². The minimum Gasteiger partial charge on any atom is -0.463 e. The molecule has 0 spiro atoms. The van der Waals surface area contributed by atoms with E-state index in [1.807, 2.05) is 0 Å². The quantitative estimate of drug-likeness (QED) is 0.278. The van der Waals surface area contributed by atoms with Gasteiger partial charge in [-0.1, -0.05) is 26.3 Å². The molecular weight excluding hydrogens is 288 g/mol. The van der Waals surface area contributed by atoms with Gasteiger partial charge in [-0.25, -0.2) is 4.79 Å². The predicted molar refractivity (Wildman–Crippen MR) is 82.5 cm³/mol. The van der Waals surface area contributed by atoms with Gasteiger partial charge in [-0.2, -0.15) is 0 Å². The zero-order chi connectivity index (χ0) is 16.6. The van der Waals surface area contributed by atoms with Crippen molar-refractivity contribution in [2.75, 3.05) is 39.6 Å². The van der Waals surface area contributed by atoms with Crippen LogP contribution >= 0.6 is 0 Å². The molecule has 0 aliphatic rings. The summed E-state index contributed by atoms with van der Waals surface area (Å²) < 4.78 is 20.3. The highest BCUT2D eigenvalue weighted by molar-refractivity contribution is 5.86. The van der Waals surface area contributed by atoms with Crippen molar-refractivity contribution in [1.29, 1.82) is 0 Å². The molecule has 6 heteroatoms. The summed E-state index contributed by atoms with van der Waals surface area (Å²) in [4.78, 5) is 22.3. The fourth-order valence-electron chi connectivity index (χ4n) is 1.44. The van der Waals surface area contributed by atoms with Gasteiger partial charge in [0.15, 0.2) is 0 Å². The van der Waals surface area contributed by atoms with Crippen LogP contribution in [0, 0.1) is 0 Å². The van der Waals surface area contributed by atoms with Crippen LogP contribution in [0.25, 0.3) is 0 Å². The van der Waals surface area contributed by atoms with Gasteiger partial charge in [-0.3, -0.25) is 4.79 Å². The largest absolute Gasteiger partial charge is 0.463 e. The standard InChI is InChI=1S/C16H28O6/c1-4-5-6-7-15(17)21-12-10-19-8-9-20-11-13-22-16(18)14(2)3/h2,4-13H2,1,3H3. The highest BCUT2D eigenvalue weighted by Crippen LogP contribution is 2.00. The summed E-state index contributed by atoms with van der Waals surface area (Å²) in [6, 6.07) is 0. The minimum absolute atomic E-state index is 0.173. The van der Waals surface area contributed by atoms with Crippen LogP contribution in [0.2, 0.25) is 0 Å². The van der Waals surface area contributed by atoms with E-state index in [2.05, 4.69) is 13.5 Å². The average Bonchev–Trinajstić information content (AvgIpc) is 2.49. The molecule has 0 aliphatic heterocycles. The van der Waals surface area contributed by atoms with Gasteiger partial charge in [0.2, 0.25) is 0 Å². The molecule has 0 unspecified atom stereocenters. The van der Waals surface area contributed by atoms with E-state index >= 15 is 0 Å². The normalized spacial score (nSPS) is 10.3. The molecule has 22 heavy (non-hydrogen) atoms. The van der Waals surface area contributed by atoms with Gasteiger partial charge in [0, 0.05) is 12.0 Å². The van der Waals surface area contributed by atoms with Crippen molar-refractivity contribution in [1.82, 2.24) is 0 Å². The van der Waals surface area contributed by atoms with Crippen molar-refractivity contribution in [3.63, 3.8) is 0 Å². The van der Waals surface area contributed by atoms with Crippen LogP contribution in [0.15, 0.2) is 12.2 Å². The molecular formula is C16H28O6. The molecule has 0 saturated carbocycles. The summed E-state index contributed by atoms with van der Waals surface area (Å²) in [5.74, 6) is -0.590. The summed E-state index contributed by atoms with van der Waals surface area (Å²) in [6.07, 6.45) is 3.48. The second kappa shape index (κ2) is 14.5. The van der Waals surface area contributed by atoms with Crippen molar-refractivity contribution >= 4 is 11.9 Å². The molecule has 0 fully saturated rings. The Kier molecular flexibility index (Phi) is 13.6. The van der Waals surface area contributed by atoms with Gasteiger partial charge in [-0.15, -0.1) is 0 Å². The summed E-state index contributed by atoms with van der Waals surface area (Å²) in [5.41, 5.74) is 0.368. The number of hydrogen-bond acceptors (Lipinski definition) is 6. The zero-order valence-electron chi connectivity index (χ0n) is 13.7. The van der Waals surface area contributed by atoms with Crippen LogP contribution < -0.4 is 0 Å². The zero-order valence-corrected chi connectivity index (χ0v) is 13.7. The van der Waals surface area contributed by atoms with E-state index in [9.17, 15) is 9.59 Å². The third-order valence-corrected chi connectivity index (χ3v) is 2.66. The number of ether oxygens (including phenoxy) is 4. The molecule has 0 N–H and O–H groups in total. The van der Waals surface area contributed by atoms with E-state index in [0.29, 0.717) is 38.4 Å². The Morgan fingerprint density at radius 1 is 0.864 bits per heavy atom. The highest BCUT2D eigenvalue weighted by atomic mass is 16.6. The third kappa shape index (κ3) is 13.6. The molecule has 0 aromatic rings. The van der Waals surface area contributed by atoms with E-state index in [4.69, 9.17) is 18.9 Å². The summed E-state index contributed by atoms with van der Waals surface area (Å²) in [7, 11) is 0. The second-order valence-electron chi connectivity index (χ2n) is 4.82. The lowest BCUT2D eigenvalue weighted by atomic mass is 10.2. The Balaban J connectivity index is 3.22. The van der Waals surface area contributed by atoms with Crippen molar-refractivity contribution in [2.45, 2.75) is 39.5 Å². The van der Waals surface area contributed by atoms with Crippen LogP contribution in [0.3, 0.4) is 0 Å². The van der Waals surface area contributed by atoms with Gasteiger partial charge in [-0.05, 0) is 13.3 Å². The Morgan fingerprint density at radius 2 is 1.41 bits per heavy atom. The third-order valence-electron chi connectivity index (χ3n) is 2.66. The smallest absolute Gasteiger partial charge is 0.333 e. The van der Waals surface area contributed by atoms with Crippen LogP contribution in [-0.4, -0.2) is 51.6 Å². The first-order chi connectivity index (χ1) is 10.6. The topological polar surface area (TPSA) is 71.1 Å². The van der Waals surface area contributed by atoms with E-state index in [1.165, 1.54) is 0 Å². The summed E-state index contributed by atoms with van der Waals surface area (Å²) >= 11 is 0. The molecule has 0 amide bonds. The predicted octanol–water partition coefficient (Wildman–Crippen LogP) is 2.26. The maximum absolute atomic E-state index is 11.3. The number of esters is 2. The molecule has 128 valence electrons. The lowest BCUT2D eigenvalue weighted by Gasteiger charge is -2.07. The number of hydrogen-bond donors (Lipinski definition) is 0. The fourth-order valence-corrected chi connectivity index (χ4v) is 1.44. The van der Waals surface area contributed by atoms with Crippen molar-refractivity contribution in [2.24, 2.45) is 0 Å². The molecule has 0 aromatic heterocycles. The monoisotopic (exact) mass is 316 g/mol. The number of rotatable bonds is 14. The highest BCUT2D eigenvalue weighted by Gasteiger charge is 2.03. The van der Waals surface area contributed by atoms with Crippen molar-refractivity contribution in [3.8, 4) is 0 Å². The molecule has 0 aliphatic carbocycles. The molecule has 0 atom stereocenters. The van der Waals surface area contributed by atoms with Crippen LogP contribution in [0.1, 0.15) is 39.5 Å². The SMILES string of the molecule is C=C(C)C(=O)OCCOCCOCCOC(=O)CCCCC. The molecule has 0 bridgehead atoms. The van der Waals surface area contributed by atoms with Crippen LogP contribution in [0.4, 0.5) is 0 Å². The van der Waals surface area contributed by atoms with Gasteiger partial charge >= 0.3 is 11.9 Å². The lowest BCUT2D eigenvalue weighted by molar-refractivity contribution is -0.146. The van der Waals surface area contributed by atoms with Crippen LogP contribution in [-0.2, 0) is 28.5 Å². The first kappa shape index (κ1) is 20.6. The average molecular weight is 316 g/mol. The molecule has 0 radical (unpaired) electrons. The van der Waals surface area contributed by atoms with E-state index in [-0.39, 0.29) is 19.2 Å². The first-order valence-corrected chi connectivity index (χ1v) is 7.71. The molecule has 0 aromatic carbocycles. The Hall–Kier alpha value is -1.40. The number of carbonyl (C=O) groups excluding carboxylic acids is 2. The fraction of sp³-hybridized carbons (Fsp3) is 0.750. The van der Waals surface area contributed by atoms with Gasteiger partial charge in [0.1, 0.15) is 13.2 Å². The van der Waals surface area contributed by atoms with Crippen molar-refractivity contribution in [3.05, 3.63) is 12.2 Å². The number of carbonyl (C=O) groups is 2.